The molecular formula is C30H32ClN5O7. The summed E-state index contributed by atoms with van der Waals surface area (Å²) in [6.07, 6.45) is -1.59. The Kier molecular flexibility index (Phi) is 10.3. The molecule has 0 aliphatic heterocycles. The van der Waals surface area contributed by atoms with E-state index in [9.17, 15) is 24.7 Å². The van der Waals surface area contributed by atoms with Crippen molar-refractivity contribution in [3.05, 3.63) is 82.9 Å². The SMILES string of the molecule is CC(C)[C@@H](N)C(=O)OCOC(=O)[C@H](O)C[C@@H](Cc1ccc(-c2cccc(Cl)c2)cc1)NC(=O)c1ccc2nnn(O)c2c1. The summed E-state index contributed by atoms with van der Waals surface area (Å²) in [5, 5.41) is 31.2. The lowest BCUT2D eigenvalue weighted by atomic mass is 9.97. The van der Waals surface area contributed by atoms with Crippen LogP contribution in [0.5, 0.6) is 0 Å². The van der Waals surface area contributed by atoms with Gasteiger partial charge in [-0.1, -0.05) is 66.7 Å². The van der Waals surface area contributed by atoms with Gasteiger partial charge < -0.3 is 30.8 Å². The van der Waals surface area contributed by atoms with E-state index in [4.69, 9.17) is 26.8 Å². The van der Waals surface area contributed by atoms with Gasteiger partial charge in [-0.3, -0.25) is 9.59 Å². The number of nitrogens with one attached hydrogen (secondary N) is 1. The predicted molar refractivity (Wildman–Crippen MR) is 157 cm³/mol. The number of nitrogens with two attached hydrogens (primary N) is 1. The number of rotatable bonds is 12. The van der Waals surface area contributed by atoms with Crippen LogP contribution in [0.2, 0.25) is 5.02 Å². The number of fused-ring (bicyclic) bond motifs is 1. The molecule has 5 N–H and O–H groups in total. The van der Waals surface area contributed by atoms with Crippen LogP contribution in [-0.4, -0.2) is 68.3 Å². The predicted octanol–water partition coefficient (Wildman–Crippen LogP) is 3.11. The largest absolute Gasteiger partial charge is 0.427 e. The monoisotopic (exact) mass is 609 g/mol. The average Bonchev–Trinajstić information content (AvgIpc) is 3.36. The van der Waals surface area contributed by atoms with Crippen LogP contribution in [0.1, 0.15) is 36.2 Å². The smallest absolute Gasteiger partial charge is 0.337 e. The van der Waals surface area contributed by atoms with Crippen LogP contribution in [-0.2, 0) is 25.5 Å². The molecule has 0 aliphatic rings. The summed E-state index contributed by atoms with van der Waals surface area (Å²) in [5.41, 5.74) is 9.24. The Bertz CT molecular complexity index is 1590. The van der Waals surface area contributed by atoms with Gasteiger partial charge in [-0.15, -0.1) is 5.10 Å². The number of aliphatic hydroxyl groups is 1. The Balaban J connectivity index is 1.46. The number of benzene rings is 3. The summed E-state index contributed by atoms with van der Waals surface area (Å²) in [4.78, 5) is 38.2. The molecule has 0 radical (unpaired) electrons. The summed E-state index contributed by atoms with van der Waals surface area (Å²) >= 11 is 6.12. The third-order valence-electron chi connectivity index (χ3n) is 6.79. The van der Waals surface area contributed by atoms with E-state index in [-0.39, 0.29) is 29.8 Å². The summed E-state index contributed by atoms with van der Waals surface area (Å²) in [7, 11) is 0. The van der Waals surface area contributed by atoms with E-state index in [1.54, 1.807) is 19.9 Å². The Morgan fingerprint density at radius 1 is 1.00 bits per heavy atom. The van der Waals surface area contributed by atoms with E-state index in [0.29, 0.717) is 15.4 Å². The fourth-order valence-electron chi connectivity index (χ4n) is 4.27. The first-order valence-electron chi connectivity index (χ1n) is 13.5. The molecule has 0 aliphatic carbocycles. The number of carbonyl (C=O) groups excluding carboxylic acids is 3. The molecule has 12 nitrogen and oxygen atoms in total. The first-order chi connectivity index (χ1) is 20.5. The molecule has 0 saturated carbocycles. The summed E-state index contributed by atoms with van der Waals surface area (Å²) in [6.45, 7) is 2.78. The minimum Gasteiger partial charge on any atom is -0.427 e. The van der Waals surface area contributed by atoms with Gasteiger partial charge in [0.05, 0.1) is 0 Å². The van der Waals surface area contributed by atoms with E-state index < -0.39 is 42.8 Å². The molecule has 4 rings (SSSR count). The Labute approximate surface area is 252 Å². The van der Waals surface area contributed by atoms with Gasteiger partial charge in [0, 0.05) is 23.0 Å². The molecular weight excluding hydrogens is 578 g/mol. The molecule has 0 bridgehead atoms. The molecule has 43 heavy (non-hydrogen) atoms. The Hall–Kier alpha value is -4.52. The molecule has 4 aromatic rings. The maximum absolute atomic E-state index is 13.2. The highest BCUT2D eigenvalue weighted by molar-refractivity contribution is 6.30. The lowest BCUT2D eigenvalue weighted by Crippen LogP contribution is -2.41. The van der Waals surface area contributed by atoms with Crippen LogP contribution >= 0.6 is 11.6 Å². The first-order valence-corrected chi connectivity index (χ1v) is 13.9. The molecule has 1 amide bonds. The molecule has 1 heterocycles. The Morgan fingerprint density at radius 3 is 2.42 bits per heavy atom. The summed E-state index contributed by atoms with van der Waals surface area (Å²) in [6, 6.07) is 17.9. The van der Waals surface area contributed by atoms with Gasteiger partial charge in [-0.25, -0.2) is 4.79 Å². The third kappa shape index (κ3) is 8.28. The van der Waals surface area contributed by atoms with Crippen molar-refractivity contribution < 1.29 is 34.2 Å². The lowest BCUT2D eigenvalue weighted by Gasteiger charge is -2.22. The molecule has 226 valence electrons. The number of aliphatic hydroxyl groups excluding tert-OH is 1. The van der Waals surface area contributed by atoms with Crippen LogP contribution in [0.3, 0.4) is 0 Å². The van der Waals surface area contributed by atoms with Gasteiger partial charge in [-0.2, -0.15) is 0 Å². The van der Waals surface area contributed by atoms with Crippen molar-refractivity contribution in [1.82, 2.24) is 20.5 Å². The Morgan fingerprint density at radius 2 is 1.72 bits per heavy atom. The third-order valence-corrected chi connectivity index (χ3v) is 7.03. The van der Waals surface area contributed by atoms with Crippen LogP contribution in [0.4, 0.5) is 0 Å². The fraction of sp³-hybridized carbons (Fsp3) is 0.300. The van der Waals surface area contributed by atoms with Gasteiger partial charge in [0.2, 0.25) is 6.79 Å². The highest BCUT2D eigenvalue weighted by Gasteiger charge is 2.26. The minimum absolute atomic E-state index is 0.173. The van der Waals surface area contributed by atoms with Crippen LogP contribution < -0.4 is 11.1 Å². The topological polar surface area (TPSA) is 179 Å². The number of carbonyl (C=O) groups is 3. The molecule has 0 fully saturated rings. The van der Waals surface area contributed by atoms with Crippen molar-refractivity contribution in [2.24, 2.45) is 11.7 Å². The number of halogens is 1. The molecule has 1 aromatic heterocycles. The number of aromatic nitrogens is 3. The number of hydrogen-bond acceptors (Lipinski definition) is 10. The molecule has 0 spiro atoms. The number of hydrogen-bond donors (Lipinski definition) is 4. The van der Waals surface area contributed by atoms with Gasteiger partial charge in [0.1, 0.15) is 17.1 Å². The number of nitrogens with zero attached hydrogens (tertiary/aromatic N) is 3. The normalized spacial score (nSPS) is 13.3. The second-order valence-corrected chi connectivity index (χ2v) is 10.8. The van der Waals surface area contributed by atoms with Crippen molar-refractivity contribution in [2.75, 3.05) is 6.79 Å². The van der Waals surface area contributed by atoms with Gasteiger partial charge >= 0.3 is 11.9 Å². The number of ether oxygens (including phenoxy) is 2. The van der Waals surface area contributed by atoms with E-state index in [2.05, 4.69) is 15.6 Å². The van der Waals surface area contributed by atoms with E-state index >= 15 is 0 Å². The molecule has 3 atom stereocenters. The van der Waals surface area contributed by atoms with Crippen molar-refractivity contribution in [2.45, 2.75) is 44.9 Å². The second kappa shape index (κ2) is 14.1. The lowest BCUT2D eigenvalue weighted by molar-refractivity contribution is -0.174. The molecule has 3 aromatic carbocycles. The fourth-order valence-corrected chi connectivity index (χ4v) is 4.46. The maximum Gasteiger partial charge on any atom is 0.337 e. The molecule has 13 heteroatoms. The number of esters is 2. The standard InChI is InChI=1S/C30H32ClN5O7/c1-17(2)27(32)30(40)43-16-42-29(39)26(37)15-23(33-28(38)21-10-11-24-25(14-21)36(41)35-34-24)12-18-6-8-19(9-7-18)20-4-3-5-22(31)13-20/h3-11,13-14,17,23,26-27,37,41H,12,15-16,32H2,1-2H3,(H,33,38)/t23-,26-,27-/m1/s1. The highest BCUT2D eigenvalue weighted by atomic mass is 35.5. The molecule has 0 unspecified atom stereocenters. The summed E-state index contributed by atoms with van der Waals surface area (Å²) < 4.78 is 9.79. The van der Waals surface area contributed by atoms with E-state index in [0.717, 1.165) is 16.7 Å². The van der Waals surface area contributed by atoms with Crippen LogP contribution in [0, 0.1) is 5.92 Å². The van der Waals surface area contributed by atoms with Gasteiger partial charge in [0.15, 0.2) is 6.10 Å². The number of amides is 1. The quantitative estimate of drug-likeness (QED) is 0.106. The summed E-state index contributed by atoms with van der Waals surface area (Å²) in [5.74, 6) is -2.45. The van der Waals surface area contributed by atoms with E-state index in [1.165, 1.54) is 18.2 Å². The highest BCUT2D eigenvalue weighted by Crippen LogP contribution is 2.24. The maximum atomic E-state index is 13.2. The van der Waals surface area contributed by atoms with E-state index in [1.807, 2.05) is 42.5 Å². The van der Waals surface area contributed by atoms with Gasteiger partial charge in [0.25, 0.3) is 5.91 Å². The van der Waals surface area contributed by atoms with Crippen molar-refractivity contribution >= 4 is 40.5 Å². The molecule has 0 saturated heterocycles. The minimum atomic E-state index is -1.64. The van der Waals surface area contributed by atoms with Crippen molar-refractivity contribution in [1.29, 1.82) is 0 Å². The zero-order chi connectivity index (χ0) is 31.1. The van der Waals surface area contributed by atoms with Crippen molar-refractivity contribution in [3.8, 4) is 11.1 Å². The zero-order valence-corrected chi connectivity index (χ0v) is 24.3. The average molecular weight is 610 g/mol. The van der Waals surface area contributed by atoms with Crippen LogP contribution in [0.15, 0.2) is 66.7 Å². The second-order valence-electron chi connectivity index (χ2n) is 10.3. The van der Waals surface area contributed by atoms with Gasteiger partial charge in [-0.05, 0) is 64.6 Å². The van der Waals surface area contributed by atoms with Crippen LogP contribution in [0.25, 0.3) is 22.2 Å². The first kappa shape index (κ1) is 31.4. The zero-order valence-electron chi connectivity index (χ0n) is 23.5. The van der Waals surface area contributed by atoms with Crippen molar-refractivity contribution in [3.63, 3.8) is 0 Å².